The molecule has 2 aromatic heterocycles. The first-order valence-corrected chi connectivity index (χ1v) is 7.36. The topological polar surface area (TPSA) is 111 Å². The van der Waals surface area contributed by atoms with Gasteiger partial charge in [0.2, 0.25) is 17.7 Å². The molecule has 0 unspecified atom stereocenters. The fourth-order valence-electron chi connectivity index (χ4n) is 2.04. The number of hydrogen-bond acceptors (Lipinski definition) is 7. The molecule has 0 atom stereocenters. The summed E-state index contributed by atoms with van der Waals surface area (Å²) in [5, 5.41) is 17.7. The maximum Gasteiger partial charge on any atom is 0.226 e. The highest BCUT2D eigenvalue weighted by Gasteiger charge is 2.07. The standard InChI is InChI=1S/C15H16N8O/c1-23-21-14(20-22-23)11-4-2-5-12(10-11)19-13(24)6-9-18-15-16-7-3-8-17-15/h2-5,7-8,10H,6,9H2,1H3,(H,19,24)(H,16,17,18). The Hall–Kier alpha value is -3.36. The second kappa shape index (κ2) is 7.27. The minimum atomic E-state index is -0.109. The predicted molar refractivity (Wildman–Crippen MR) is 88.0 cm³/mol. The number of hydrogen-bond donors (Lipinski definition) is 2. The van der Waals surface area contributed by atoms with E-state index in [-0.39, 0.29) is 5.91 Å². The second-order valence-electron chi connectivity index (χ2n) is 4.98. The molecule has 0 radical (unpaired) electrons. The number of carbonyl (C=O) groups excluding carboxylic acids is 1. The number of aryl methyl sites for hydroxylation is 1. The summed E-state index contributed by atoms with van der Waals surface area (Å²) in [6.45, 7) is 0.446. The molecule has 1 amide bonds. The smallest absolute Gasteiger partial charge is 0.226 e. The van der Waals surface area contributed by atoms with E-state index in [0.29, 0.717) is 30.4 Å². The van der Waals surface area contributed by atoms with Crippen molar-refractivity contribution >= 4 is 17.5 Å². The zero-order valence-corrected chi connectivity index (χ0v) is 13.0. The summed E-state index contributed by atoms with van der Waals surface area (Å²) in [6, 6.07) is 9.04. The highest BCUT2D eigenvalue weighted by atomic mass is 16.1. The van der Waals surface area contributed by atoms with Crippen LogP contribution in [0.15, 0.2) is 42.7 Å². The molecule has 0 saturated carbocycles. The van der Waals surface area contributed by atoms with Crippen LogP contribution in [0.1, 0.15) is 6.42 Å². The van der Waals surface area contributed by atoms with Crippen molar-refractivity contribution in [2.45, 2.75) is 6.42 Å². The van der Waals surface area contributed by atoms with E-state index in [0.717, 1.165) is 5.56 Å². The van der Waals surface area contributed by atoms with E-state index < -0.39 is 0 Å². The zero-order chi connectivity index (χ0) is 16.8. The maximum atomic E-state index is 12.0. The van der Waals surface area contributed by atoms with Crippen LogP contribution in [0.3, 0.4) is 0 Å². The van der Waals surface area contributed by atoms with E-state index in [2.05, 4.69) is 36.0 Å². The summed E-state index contributed by atoms with van der Waals surface area (Å²) in [5.74, 6) is 0.903. The molecular formula is C15H16N8O. The molecule has 3 rings (SSSR count). The number of anilines is 2. The number of nitrogens with zero attached hydrogens (tertiary/aromatic N) is 6. The molecule has 1 aromatic carbocycles. The van der Waals surface area contributed by atoms with Crippen molar-refractivity contribution in [2.24, 2.45) is 7.05 Å². The second-order valence-corrected chi connectivity index (χ2v) is 4.98. The lowest BCUT2D eigenvalue weighted by molar-refractivity contribution is -0.115. The highest BCUT2D eigenvalue weighted by Crippen LogP contribution is 2.18. The quantitative estimate of drug-likeness (QED) is 0.698. The van der Waals surface area contributed by atoms with E-state index in [1.165, 1.54) is 4.80 Å². The molecule has 0 aliphatic rings. The van der Waals surface area contributed by atoms with Gasteiger partial charge in [0.15, 0.2) is 0 Å². The van der Waals surface area contributed by atoms with Crippen molar-refractivity contribution in [3.8, 4) is 11.4 Å². The molecule has 24 heavy (non-hydrogen) atoms. The fourth-order valence-corrected chi connectivity index (χ4v) is 2.04. The van der Waals surface area contributed by atoms with Gasteiger partial charge < -0.3 is 10.6 Å². The first kappa shape index (κ1) is 15.5. The van der Waals surface area contributed by atoms with E-state index >= 15 is 0 Å². The summed E-state index contributed by atoms with van der Waals surface area (Å²) in [6.07, 6.45) is 3.58. The van der Waals surface area contributed by atoms with E-state index in [1.54, 1.807) is 25.5 Å². The summed E-state index contributed by atoms with van der Waals surface area (Å²) in [7, 11) is 1.70. The van der Waals surface area contributed by atoms with Gasteiger partial charge >= 0.3 is 0 Å². The average Bonchev–Trinajstić information content (AvgIpc) is 3.03. The van der Waals surface area contributed by atoms with E-state index in [1.807, 2.05) is 24.3 Å². The SMILES string of the molecule is Cn1nnc(-c2cccc(NC(=O)CCNc3ncccn3)c2)n1. The van der Waals surface area contributed by atoms with Crippen molar-refractivity contribution in [1.82, 2.24) is 30.2 Å². The summed E-state index contributed by atoms with van der Waals surface area (Å²) in [5.41, 5.74) is 1.47. The van der Waals surface area contributed by atoms with Crippen LogP contribution in [0.5, 0.6) is 0 Å². The highest BCUT2D eigenvalue weighted by molar-refractivity contribution is 5.91. The van der Waals surface area contributed by atoms with Gasteiger partial charge in [-0.25, -0.2) is 9.97 Å². The van der Waals surface area contributed by atoms with Crippen molar-refractivity contribution in [3.63, 3.8) is 0 Å². The van der Waals surface area contributed by atoms with Crippen LogP contribution in [-0.2, 0) is 11.8 Å². The van der Waals surface area contributed by atoms with Gasteiger partial charge in [0.25, 0.3) is 0 Å². The molecule has 2 heterocycles. The number of benzene rings is 1. The predicted octanol–water partition coefficient (Wildman–Crippen LogP) is 1.11. The van der Waals surface area contributed by atoms with Gasteiger partial charge in [-0.3, -0.25) is 4.79 Å². The molecule has 0 aliphatic carbocycles. The van der Waals surface area contributed by atoms with Gasteiger partial charge in [-0.05, 0) is 23.4 Å². The summed E-state index contributed by atoms with van der Waals surface area (Å²) >= 11 is 0. The largest absolute Gasteiger partial charge is 0.354 e. The van der Waals surface area contributed by atoms with E-state index in [9.17, 15) is 4.79 Å². The van der Waals surface area contributed by atoms with Gasteiger partial charge in [0.05, 0.1) is 7.05 Å². The van der Waals surface area contributed by atoms with Gasteiger partial charge in [0, 0.05) is 36.6 Å². The third-order valence-corrected chi connectivity index (χ3v) is 3.11. The average molecular weight is 324 g/mol. The lowest BCUT2D eigenvalue weighted by Gasteiger charge is -2.07. The molecule has 0 fully saturated rings. The first-order valence-electron chi connectivity index (χ1n) is 7.36. The Labute approximate surface area is 138 Å². The van der Waals surface area contributed by atoms with Crippen LogP contribution in [0.25, 0.3) is 11.4 Å². The van der Waals surface area contributed by atoms with Crippen LogP contribution < -0.4 is 10.6 Å². The van der Waals surface area contributed by atoms with Gasteiger partial charge in [-0.15, -0.1) is 10.2 Å². The molecule has 9 nitrogen and oxygen atoms in total. The number of carbonyl (C=O) groups is 1. The van der Waals surface area contributed by atoms with Crippen LogP contribution in [-0.4, -0.2) is 42.6 Å². The number of tetrazole rings is 1. The van der Waals surface area contributed by atoms with Crippen LogP contribution in [0.4, 0.5) is 11.6 Å². The number of nitrogens with one attached hydrogen (secondary N) is 2. The van der Waals surface area contributed by atoms with Gasteiger partial charge in [-0.2, -0.15) is 4.80 Å². The minimum absolute atomic E-state index is 0.109. The number of aromatic nitrogens is 6. The summed E-state index contributed by atoms with van der Waals surface area (Å²) < 4.78 is 0. The summed E-state index contributed by atoms with van der Waals surface area (Å²) in [4.78, 5) is 21.5. The van der Waals surface area contributed by atoms with E-state index in [4.69, 9.17) is 0 Å². The Morgan fingerprint density at radius 2 is 2.04 bits per heavy atom. The molecule has 9 heteroatoms. The fraction of sp³-hybridized carbons (Fsp3) is 0.200. The first-order chi connectivity index (χ1) is 11.7. The Balaban J connectivity index is 1.54. The Kier molecular flexibility index (Phi) is 4.70. The molecule has 0 bridgehead atoms. The van der Waals surface area contributed by atoms with Crippen molar-refractivity contribution < 1.29 is 4.79 Å². The molecule has 2 N–H and O–H groups in total. The van der Waals surface area contributed by atoms with Gasteiger partial charge in [-0.1, -0.05) is 12.1 Å². The Bertz CT molecular complexity index is 817. The normalized spacial score (nSPS) is 10.4. The van der Waals surface area contributed by atoms with Crippen molar-refractivity contribution in [2.75, 3.05) is 17.2 Å². The maximum absolute atomic E-state index is 12.0. The van der Waals surface area contributed by atoms with Crippen LogP contribution >= 0.6 is 0 Å². The van der Waals surface area contributed by atoms with Gasteiger partial charge in [0.1, 0.15) is 0 Å². The third-order valence-electron chi connectivity index (χ3n) is 3.11. The van der Waals surface area contributed by atoms with Crippen molar-refractivity contribution in [3.05, 3.63) is 42.7 Å². The lowest BCUT2D eigenvalue weighted by Crippen LogP contribution is -2.16. The van der Waals surface area contributed by atoms with Crippen LogP contribution in [0.2, 0.25) is 0 Å². The minimum Gasteiger partial charge on any atom is -0.354 e. The number of amides is 1. The van der Waals surface area contributed by atoms with Crippen molar-refractivity contribution in [1.29, 1.82) is 0 Å². The Morgan fingerprint density at radius 1 is 1.21 bits per heavy atom. The molecule has 0 spiro atoms. The molecule has 3 aromatic rings. The lowest BCUT2D eigenvalue weighted by atomic mass is 10.2. The molecular weight excluding hydrogens is 308 g/mol. The van der Waals surface area contributed by atoms with Crippen LogP contribution in [0, 0.1) is 0 Å². The number of rotatable bonds is 6. The molecule has 0 saturated heterocycles. The third kappa shape index (κ3) is 4.09. The molecule has 0 aliphatic heterocycles. The Morgan fingerprint density at radius 3 is 2.79 bits per heavy atom. The monoisotopic (exact) mass is 324 g/mol. The zero-order valence-electron chi connectivity index (χ0n) is 13.0. The molecule has 122 valence electrons.